The first-order valence-corrected chi connectivity index (χ1v) is 5.47. The summed E-state index contributed by atoms with van der Waals surface area (Å²) in [6, 6.07) is 2.52. The van der Waals surface area contributed by atoms with Gasteiger partial charge in [-0.15, -0.1) is 0 Å². The average Bonchev–Trinajstić information content (AvgIpc) is 2.25. The highest BCUT2D eigenvalue weighted by Crippen LogP contribution is 2.33. The molecule has 1 aromatic rings. The first-order chi connectivity index (χ1) is 8.25. The van der Waals surface area contributed by atoms with Crippen molar-refractivity contribution in [2.45, 2.75) is 18.6 Å². The monoisotopic (exact) mass is 264 g/mol. The fourth-order valence-corrected chi connectivity index (χ4v) is 1.72. The van der Waals surface area contributed by atoms with Crippen LogP contribution in [0.1, 0.15) is 11.1 Å². The van der Waals surface area contributed by atoms with Crippen molar-refractivity contribution in [1.82, 2.24) is 4.90 Å². The van der Waals surface area contributed by atoms with Gasteiger partial charge in [-0.05, 0) is 38.2 Å². The molecule has 0 aliphatic rings. The summed E-state index contributed by atoms with van der Waals surface area (Å²) in [7, 11) is 3.49. The van der Waals surface area contributed by atoms with Gasteiger partial charge >= 0.3 is 6.18 Å². The minimum absolute atomic E-state index is 0.0630. The summed E-state index contributed by atoms with van der Waals surface area (Å²) >= 11 is 0. The molecule has 0 heterocycles. The molecule has 0 saturated carbocycles. The summed E-state index contributed by atoms with van der Waals surface area (Å²) in [4.78, 5) is 1.75. The lowest BCUT2D eigenvalue weighted by Gasteiger charge is -2.24. The van der Waals surface area contributed by atoms with E-state index in [2.05, 4.69) is 0 Å². The van der Waals surface area contributed by atoms with Gasteiger partial charge in [-0.3, -0.25) is 0 Å². The molecule has 0 aromatic heterocycles. The van der Waals surface area contributed by atoms with Gasteiger partial charge < -0.3 is 10.6 Å². The number of nitrogens with two attached hydrogens (primary N) is 1. The van der Waals surface area contributed by atoms with Crippen LogP contribution < -0.4 is 5.73 Å². The van der Waals surface area contributed by atoms with Gasteiger partial charge in [0.15, 0.2) is 0 Å². The van der Waals surface area contributed by atoms with E-state index >= 15 is 0 Å². The zero-order valence-electron chi connectivity index (χ0n) is 10.3. The van der Waals surface area contributed by atoms with Gasteiger partial charge in [-0.25, -0.2) is 4.39 Å². The Kier molecular flexibility index (Phi) is 4.70. The van der Waals surface area contributed by atoms with Crippen LogP contribution in [-0.2, 0) is 12.6 Å². The molecular weight excluding hydrogens is 248 g/mol. The van der Waals surface area contributed by atoms with Gasteiger partial charge in [0.2, 0.25) is 0 Å². The molecule has 0 spiro atoms. The van der Waals surface area contributed by atoms with Gasteiger partial charge in [0, 0.05) is 12.6 Å². The SMILES string of the molecule is CN(C)C(CN)Cc1ccc(F)cc1C(F)(F)F. The van der Waals surface area contributed by atoms with E-state index in [9.17, 15) is 17.6 Å². The molecule has 0 amide bonds. The van der Waals surface area contributed by atoms with E-state index in [-0.39, 0.29) is 24.6 Å². The Labute approximate surface area is 103 Å². The third kappa shape index (κ3) is 3.68. The van der Waals surface area contributed by atoms with Crippen molar-refractivity contribution in [1.29, 1.82) is 0 Å². The molecule has 102 valence electrons. The molecule has 0 aliphatic carbocycles. The summed E-state index contributed by atoms with van der Waals surface area (Å²) in [6.07, 6.45) is -4.42. The molecule has 0 fully saturated rings. The number of alkyl halides is 3. The van der Waals surface area contributed by atoms with E-state index < -0.39 is 17.6 Å². The van der Waals surface area contributed by atoms with Gasteiger partial charge in [0.05, 0.1) is 5.56 Å². The summed E-state index contributed by atoms with van der Waals surface area (Å²) in [5.41, 5.74) is 4.65. The van der Waals surface area contributed by atoms with Crippen molar-refractivity contribution in [3.8, 4) is 0 Å². The quantitative estimate of drug-likeness (QED) is 0.845. The summed E-state index contributed by atoms with van der Waals surface area (Å²) in [6.45, 7) is 0.238. The third-order valence-corrected chi connectivity index (χ3v) is 2.84. The number of benzene rings is 1. The number of hydrogen-bond acceptors (Lipinski definition) is 2. The smallest absolute Gasteiger partial charge is 0.329 e. The Morgan fingerprint density at radius 2 is 1.89 bits per heavy atom. The van der Waals surface area contributed by atoms with Crippen molar-refractivity contribution in [2.24, 2.45) is 5.73 Å². The van der Waals surface area contributed by atoms with Crippen molar-refractivity contribution < 1.29 is 17.6 Å². The zero-order valence-corrected chi connectivity index (χ0v) is 10.3. The molecule has 0 bridgehead atoms. The van der Waals surface area contributed by atoms with E-state index in [4.69, 9.17) is 5.73 Å². The molecule has 0 radical (unpaired) electrons. The van der Waals surface area contributed by atoms with E-state index in [1.165, 1.54) is 6.07 Å². The minimum Gasteiger partial charge on any atom is -0.329 e. The van der Waals surface area contributed by atoms with Crippen molar-refractivity contribution in [3.63, 3.8) is 0 Å². The van der Waals surface area contributed by atoms with Gasteiger partial charge in [0.1, 0.15) is 5.82 Å². The third-order valence-electron chi connectivity index (χ3n) is 2.84. The Balaban J connectivity index is 3.09. The molecule has 0 saturated heterocycles. The minimum atomic E-state index is -4.55. The van der Waals surface area contributed by atoms with Crippen LogP contribution >= 0.6 is 0 Å². The molecule has 2 nitrogen and oxygen atoms in total. The highest BCUT2D eigenvalue weighted by molar-refractivity contribution is 5.31. The molecule has 1 aromatic carbocycles. The van der Waals surface area contributed by atoms with E-state index in [0.717, 1.165) is 6.07 Å². The normalized spacial score (nSPS) is 14.0. The number of nitrogens with zero attached hydrogens (tertiary/aromatic N) is 1. The van der Waals surface area contributed by atoms with Crippen LogP contribution in [-0.4, -0.2) is 31.6 Å². The summed E-state index contributed by atoms with van der Waals surface area (Å²) in [5.74, 6) is -0.889. The lowest BCUT2D eigenvalue weighted by molar-refractivity contribution is -0.138. The van der Waals surface area contributed by atoms with Crippen LogP contribution in [0.25, 0.3) is 0 Å². The number of likely N-dealkylation sites (N-methyl/N-ethyl adjacent to an activating group) is 1. The highest BCUT2D eigenvalue weighted by atomic mass is 19.4. The van der Waals surface area contributed by atoms with Crippen LogP contribution in [0, 0.1) is 5.82 Å². The second-order valence-corrected chi connectivity index (χ2v) is 4.36. The highest BCUT2D eigenvalue weighted by Gasteiger charge is 2.34. The van der Waals surface area contributed by atoms with Gasteiger partial charge in [-0.1, -0.05) is 6.07 Å². The Bertz CT molecular complexity index is 402. The van der Waals surface area contributed by atoms with Crippen LogP contribution in [0.4, 0.5) is 17.6 Å². The van der Waals surface area contributed by atoms with Crippen molar-refractivity contribution in [3.05, 3.63) is 35.1 Å². The van der Waals surface area contributed by atoms with Crippen LogP contribution in [0.2, 0.25) is 0 Å². The molecular formula is C12H16F4N2. The fraction of sp³-hybridized carbons (Fsp3) is 0.500. The van der Waals surface area contributed by atoms with Gasteiger partial charge in [0.25, 0.3) is 0 Å². The first-order valence-electron chi connectivity index (χ1n) is 5.47. The molecule has 6 heteroatoms. The maximum absolute atomic E-state index is 12.9. The first kappa shape index (κ1) is 14.9. The lowest BCUT2D eigenvalue weighted by atomic mass is 9.99. The number of hydrogen-bond donors (Lipinski definition) is 1. The van der Waals surface area contributed by atoms with E-state index in [0.29, 0.717) is 6.07 Å². The topological polar surface area (TPSA) is 29.3 Å². The van der Waals surface area contributed by atoms with E-state index in [1.54, 1.807) is 19.0 Å². The van der Waals surface area contributed by atoms with Crippen LogP contribution in [0.3, 0.4) is 0 Å². The van der Waals surface area contributed by atoms with Crippen molar-refractivity contribution >= 4 is 0 Å². The van der Waals surface area contributed by atoms with Crippen LogP contribution in [0.15, 0.2) is 18.2 Å². The molecule has 0 aliphatic heterocycles. The molecule has 1 unspecified atom stereocenters. The Morgan fingerprint density at radius 3 is 2.33 bits per heavy atom. The van der Waals surface area contributed by atoms with Gasteiger partial charge in [-0.2, -0.15) is 13.2 Å². The second kappa shape index (κ2) is 5.67. The number of rotatable bonds is 4. The Hall–Kier alpha value is -1.14. The molecule has 1 rings (SSSR count). The summed E-state index contributed by atoms with van der Waals surface area (Å²) in [5, 5.41) is 0. The zero-order chi connectivity index (χ0) is 13.9. The number of halogens is 4. The van der Waals surface area contributed by atoms with Crippen molar-refractivity contribution in [2.75, 3.05) is 20.6 Å². The fourth-order valence-electron chi connectivity index (χ4n) is 1.72. The largest absolute Gasteiger partial charge is 0.416 e. The predicted octanol–water partition coefficient (Wildman–Crippen LogP) is 2.28. The Morgan fingerprint density at radius 1 is 1.28 bits per heavy atom. The maximum atomic E-state index is 12.9. The molecule has 2 N–H and O–H groups in total. The molecule has 1 atom stereocenters. The predicted molar refractivity (Wildman–Crippen MR) is 61.6 cm³/mol. The van der Waals surface area contributed by atoms with Crippen LogP contribution in [0.5, 0.6) is 0 Å². The average molecular weight is 264 g/mol. The van der Waals surface area contributed by atoms with E-state index in [1.807, 2.05) is 0 Å². The maximum Gasteiger partial charge on any atom is 0.416 e. The molecule has 18 heavy (non-hydrogen) atoms. The lowest BCUT2D eigenvalue weighted by Crippen LogP contribution is -2.37. The summed E-state index contributed by atoms with van der Waals surface area (Å²) < 4.78 is 51.2. The second-order valence-electron chi connectivity index (χ2n) is 4.36. The standard InChI is InChI=1S/C12H16F4N2/c1-18(2)10(7-17)5-8-3-4-9(13)6-11(8)12(14,15)16/h3-4,6,10H,5,7,17H2,1-2H3.